The maximum Gasteiger partial charge on any atom is 0.241 e. The molecule has 0 saturated carbocycles. The highest BCUT2D eigenvalue weighted by atomic mass is 16.5. The van der Waals surface area contributed by atoms with Gasteiger partial charge in [-0.05, 0) is 26.8 Å². The van der Waals surface area contributed by atoms with Gasteiger partial charge in [-0.2, -0.15) is 4.98 Å². The van der Waals surface area contributed by atoms with Crippen molar-refractivity contribution < 1.29 is 9.32 Å². The van der Waals surface area contributed by atoms with E-state index in [9.17, 15) is 4.79 Å². The molecule has 1 aromatic carbocycles. The van der Waals surface area contributed by atoms with E-state index in [2.05, 4.69) is 39.0 Å². The molecule has 1 fully saturated rings. The number of carbonyl (C=O) groups excluding carboxylic acids is 1. The lowest BCUT2D eigenvalue weighted by molar-refractivity contribution is -0.132. The highest BCUT2D eigenvalue weighted by Gasteiger charge is 2.22. The normalized spacial score (nSPS) is 15.8. The van der Waals surface area contributed by atoms with Gasteiger partial charge >= 0.3 is 0 Å². The first kappa shape index (κ1) is 19.5. The standard InChI is InChI=1S/C20H29N5O2/c1-4-25(5-2)19(26)15-24-11-9-23(10-12-24)14-18-21-20(22-27-18)17-8-6-7-16(3)13-17/h6-8,13H,4-5,9-12,14-15H2,1-3H3. The molecule has 1 aliphatic rings. The fourth-order valence-electron chi connectivity index (χ4n) is 3.38. The van der Waals surface area contributed by atoms with Crippen LogP contribution in [0.4, 0.5) is 0 Å². The monoisotopic (exact) mass is 371 g/mol. The third-order valence-corrected chi connectivity index (χ3v) is 5.04. The van der Waals surface area contributed by atoms with Crippen molar-refractivity contribution in [3.05, 3.63) is 35.7 Å². The Hall–Kier alpha value is -2.25. The van der Waals surface area contributed by atoms with Crippen LogP contribution in [0.5, 0.6) is 0 Å². The number of hydrogen-bond donors (Lipinski definition) is 0. The maximum atomic E-state index is 12.2. The molecule has 0 N–H and O–H groups in total. The van der Waals surface area contributed by atoms with Crippen LogP contribution < -0.4 is 0 Å². The summed E-state index contributed by atoms with van der Waals surface area (Å²) < 4.78 is 5.44. The summed E-state index contributed by atoms with van der Waals surface area (Å²) in [5.74, 6) is 1.49. The van der Waals surface area contributed by atoms with Crippen LogP contribution in [0, 0.1) is 6.92 Å². The Morgan fingerprint density at radius 1 is 1.15 bits per heavy atom. The minimum atomic E-state index is 0.216. The van der Waals surface area contributed by atoms with Crippen molar-refractivity contribution in [3.8, 4) is 11.4 Å². The average Bonchev–Trinajstić information content (AvgIpc) is 3.13. The van der Waals surface area contributed by atoms with Crippen LogP contribution in [0.2, 0.25) is 0 Å². The Kier molecular flexibility index (Phi) is 6.58. The molecule has 2 aromatic rings. The fourth-order valence-corrected chi connectivity index (χ4v) is 3.38. The van der Waals surface area contributed by atoms with Gasteiger partial charge in [-0.15, -0.1) is 0 Å². The largest absolute Gasteiger partial charge is 0.342 e. The van der Waals surface area contributed by atoms with Gasteiger partial charge in [0.25, 0.3) is 0 Å². The highest BCUT2D eigenvalue weighted by Crippen LogP contribution is 2.18. The molecular weight excluding hydrogens is 342 g/mol. The van der Waals surface area contributed by atoms with E-state index >= 15 is 0 Å². The summed E-state index contributed by atoms with van der Waals surface area (Å²) in [5, 5.41) is 4.11. The van der Waals surface area contributed by atoms with Gasteiger partial charge in [0.15, 0.2) is 0 Å². The SMILES string of the molecule is CCN(CC)C(=O)CN1CCN(Cc2nc(-c3cccc(C)c3)no2)CC1. The van der Waals surface area contributed by atoms with E-state index in [4.69, 9.17) is 4.52 Å². The Morgan fingerprint density at radius 2 is 1.85 bits per heavy atom. The van der Waals surface area contributed by atoms with Crippen molar-refractivity contribution in [2.45, 2.75) is 27.3 Å². The Labute approximate surface area is 160 Å². The summed E-state index contributed by atoms with van der Waals surface area (Å²) in [6.07, 6.45) is 0. The van der Waals surface area contributed by atoms with Crippen LogP contribution >= 0.6 is 0 Å². The van der Waals surface area contributed by atoms with E-state index in [0.717, 1.165) is 44.8 Å². The molecular formula is C20H29N5O2. The van der Waals surface area contributed by atoms with Crippen LogP contribution in [0.15, 0.2) is 28.8 Å². The Morgan fingerprint density at radius 3 is 2.52 bits per heavy atom. The van der Waals surface area contributed by atoms with Gasteiger partial charge in [-0.1, -0.05) is 28.9 Å². The van der Waals surface area contributed by atoms with Crippen LogP contribution in [-0.4, -0.2) is 76.6 Å². The number of rotatable bonds is 7. The van der Waals surface area contributed by atoms with E-state index in [1.165, 1.54) is 5.56 Å². The molecule has 0 unspecified atom stereocenters. The van der Waals surface area contributed by atoms with Crippen molar-refractivity contribution in [2.75, 3.05) is 45.8 Å². The second-order valence-corrected chi connectivity index (χ2v) is 7.00. The second-order valence-electron chi connectivity index (χ2n) is 7.00. The van der Waals surface area contributed by atoms with E-state index in [1.807, 2.05) is 30.9 Å². The molecule has 1 saturated heterocycles. The topological polar surface area (TPSA) is 65.7 Å². The predicted octanol–water partition coefficient (Wildman–Crippen LogP) is 2.03. The van der Waals surface area contributed by atoms with Gasteiger partial charge < -0.3 is 9.42 Å². The van der Waals surface area contributed by atoms with Crippen molar-refractivity contribution >= 4 is 5.91 Å². The molecule has 0 aliphatic carbocycles. The van der Waals surface area contributed by atoms with Crippen LogP contribution in [-0.2, 0) is 11.3 Å². The quantitative estimate of drug-likeness (QED) is 0.742. The number of hydrogen-bond acceptors (Lipinski definition) is 6. The zero-order chi connectivity index (χ0) is 19.2. The van der Waals surface area contributed by atoms with Gasteiger partial charge in [0.2, 0.25) is 17.6 Å². The van der Waals surface area contributed by atoms with Gasteiger partial charge in [0.05, 0.1) is 13.1 Å². The molecule has 3 rings (SSSR count). The molecule has 0 radical (unpaired) electrons. The predicted molar refractivity (Wildman–Crippen MR) is 104 cm³/mol. The lowest BCUT2D eigenvalue weighted by Gasteiger charge is -2.34. The van der Waals surface area contributed by atoms with E-state index in [0.29, 0.717) is 24.8 Å². The smallest absolute Gasteiger partial charge is 0.241 e. The van der Waals surface area contributed by atoms with Crippen molar-refractivity contribution in [2.24, 2.45) is 0 Å². The van der Waals surface area contributed by atoms with E-state index in [-0.39, 0.29) is 5.91 Å². The number of carbonyl (C=O) groups is 1. The number of aryl methyl sites for hydroxylation is 1. The number of benzene rings is 1. The second kappa shape index (κ2) is 9.10. The fraction of sp³-hybridized carbons (Fsp3) is 0.550. The van der Waals surface area contributed by atoms with Gasteiger partial charge in [0.1, 0.15) is 0 Å². The van der Waals surface area contributed by atoms with Crippen molar-refractivity contribution in [1.29, 1.82) is 0 Å². The number of amides is 1. The molecule has 1 aliphatic heterocycles. The average molecular weight is 371 g/mol. The summed E-state index contributed by atoms with van der Waals surface area (Å²) >= 11 is 0. The van der Waals surface area contributed by atoms with Crippen molar-refractivity contribution in [1.82, 2.24) is 24.8 Å². The summed E-state index contributed by atoms with van der Waals surface area (Å²) in [7, 11) is 0. The van der Waals surface area contributed by atoms with E-state index in [1.54, 1.807) is 0 Å². The first-order chi connectivity index (χ1) is 13.1. The molecule has 0 spiro atoms. The number of aromatic nitrogens is 2. The zero-order valence-electron chi connectivity index (χ0n) is 16.5. The zero-order valence-corrected chi connectivity index (χ0v) is 16.5. The molecule has 1 amide bonds. The number of piperazine rings is 1. The third-order valence-electron chi connectivity index (χ3n) is 5.04. The molecule has 2 heterocycles. The van der Waals surface area contributed by atoms with E-state index < -0.39 is 0 Å². The van der Waals surface area contributed by atoms with Crippen LogP contribution in [0.1, 0.15) is 25.3 Å². The number of likely N-dealkylation sites (N-methyl/N-ethyl adjacent to an activating group) is 1. The van der Waals surface area contributed by atoms with Crippen molar-refractivity contribution in [3.63, 3.8) is 0 Å². The highest BCUT2D eigenvalue weighted by molar-refractivity contribution is 5.78. The molecule has 146 valence electrons. The molecule has 0 bridgehead atoms. The lowest BCUT2D eigenvalue weighted by Crippen LogP contribution is -2.49. The Balaban J connectivity index is 1.49. The maximum absolute atomic E-state index is 12.2. The minimum absolute atomic E-state index is 0.216. The molecule has 0 atom stereocenters. The first-order valence-electron chi connectivity index (χ1n) is 9.71. The van der Waals surface area contributed by atoms with Gasteiger partial charge in [0, 0.05) is 44.8 Å². The molecule has 7 nitrogen and oxygen atoms in total. The number of nitrogens with zero attached hydrogens (tertiary/aromatic N) is 5. The van der Waals surface area contributed by atoms with Crippen LogP contribution in [0.3, 0.4) is 0 Å². The Bertz CT molecular complexity index is 748. The first-order valence-corrected chi connectivity index (χ1v) is 9.71. The van der Waals surface area contributed by atoms with Gasteiger partial charge in [-0.25, -0.2) is 0 Å². The van der Waals surface area contributed by atoms with Gasteiger partial charge in [-0.3, -0.25) is 14.6 Å². The summed E-state index contributed by atoms with van der Waals surface area (Å²) in [6.45, 7) is 12.4. The minimum Gasteiger partial charge on any atom is -0.342 e. The molecule has 27 heavy (non-hydrogen) atoms. The summed E-state index contributed by atoms with van der Waals surface area (Å²) in [6, 6.07) is 8.10. The van der Waals surface area contributed by atoms with Crippen LogP contribution in [0.25, 0.3) is 11.4 Å². The lowest BCUT2D eigenvalue weighted by atomic mass is 10.1. The molecule has 7 heteroatoms. The third kappa shape index (κ3) is 5.14. The molecule has 1 aromatic heterocycles. The summed E-state index contributed by atoms with van der Waals surface area (Å²) in [5.41, 5.74) is 2.15. The summed E-state index contributed by atoms with van der Waals surface area (Å²) in [4.78, 5) is 23.2.